The highest BCUT2D eigenvalue weighted by Crippen LogP contribution is 2.28. The van der Waals surface area contributed by atoms with Crippen LogP contribution in [0.5, 0.6) is 0 Å². The van der Waals surface area contributed by atoms with E-state index >= 15 is 0 Å². The second-order valence-corrected chi connectivity index (χ2v) is 6.44. The minimum atomic E-state index is -0.729. The third-order valence-electron chi connectivity index (χ3n) is 3.87. The third kappa shape index (κ3) is 3.37. The first-order valence-electron chi connectivity index (χ1n) is 7.79. The van der Waals surface area contributed by atoms with E-state index < -0.39 is 5.76 Å². The molecule has 2 heterocycles. The van der Waals surface area contributed by atoms with Crippen molar-refractivity contribution in [2.24, 2.45) is 0 Å². The van der Waals surface area contributed by atoms with E-state index in [0.29, 0.717) is 5.56 Å². The van der Waals surface area contributed by atoms with Crippen molar-refractivity contribution in [2.45, 2.75) is 0 Å². The van der Waals surface area contributed by atoms with Gasteiger partial charge in [-0.3, -0.25) is 4.98 Å². The maximum Gasteiger partial charge on any atom is 0.442 e. The summed E-state index contributed by atoms with van der Waals surface area (Å²) in [5, 5.41) is 4.54. The molecule has 2 aromatic heterocycles. The van der Waals surface area contributed by atoms with E-state index in [1.54, 1.807) is 30.3 Å². The Bertz CT molecular complexity index is 1170. The van der Waals surface area contributed by atoms with Crippen molar-refractivity contribution < 1.29 is 8.81 Å². The largest absolute Gasteiger partial charge is 0.442 e. The van der Waals surface area contributed by atoms with Gasteiger partial charge in [-0.05, 0) is 35.4 Å². The number of rotatable bonds is 3. The molecule has 27 heavy (non-hydrogen) atoms. The van der Waals surface area contributed by atoms with Crippen LogP contribution in [0.4, 0.5) is 4.39 Å². The van der Waals surface area contributed by atoms with Gasteiger partial charge in [-0.15, -0.1) is 5.10 Å². The Labute approximate surface area is 162 Å². The summed E-state index contributed by atoms with van der Waals surface area (Å²) in [5.41, 5.74) is 2.42. The summed E-state index contributed by atoms with van der Waals surface area (Å²) in [6.07, 6.45) is 2.72. The van der Waals surface area contributed by atoms with E-state index in [1.807, 2.05) is 6.07 Å². The quantitative estimate of drug-likeness (QED) is 0.484. The van der Waals surface area contributed by atoms with Gasteiger partial charge in [0.1, 0.15) is 11.5 Å². The lowest BCUT2D eigenvalue weighted by atomic mass is 10.0. The minimum absolute atomic E-state index is 0.105. The summed E-state index contributed by atoms with van der Waals surface area (Å²) in [5.74, 6) is -0.939. The van der Waals surface area contributed by atoms with Gasteiger partial charge in [0.25, 0.3) is 0 Å². The summed E-state index contributed by atoms with van der Waals surface area (Å²) >= 11 is 12.2. The number of hydrogen-bond acceptors (Lipinski definition) is 4. The molecule has 0 saturated carbocycles. The van der Waals surface area contributed by atoms with Crippen LogP contribution in [-0.4, -0.2) is 14.8 Å². The SMILES string of the molecule is O=c1oc(-c2cccc(-c3ccc(F)cc3)c2)nn1-c1c(Cl)cncc1Cl. The zero-order valence-electron chi connectivity index (χ0n) is 13.6. The molecule has 0 radical (unpaired) electrons. The molecule has 0 aliphatic rings. The summed E-state index contributed by atoms with van der Waals surface area (Å²) in [6.45, 7) is 0. The van der Waals surface area contributed by atoms with E-state index in [0.717, 1.165) is 15.8 Å². The fourth-order valence-electron chi connectivity index (χ4n) is 2.62. The molecule has 0 aliphatic carbocycles. The molecule has 134 valence electrons. The number of benzene rings is 2. The highest BCUT2D eigenvalue weighted by molar-refractivity contribution is 6.37. The van der Waals surface area contributed by atoms with Crippen LogP contribution >= 0.6 is 23.2 Å². The van der Waals surface area contributed by atoms with Gasteiger partial charge >= 0.3 is 5.76 Å². The van der Waals surface area contributed by atoms with Crippen molar-refractivity contribution in [2.75, 3.05) is 0 Å². The number of pyridine rings is 1. The van der Waals surface area contributed by atoms with Crippen LogP contribution in [0.15, 0.2) is 70.1 Å². The number of aromatic nitrogens is 3. The maximum absolute atomic E-state index is 13.1. The monoisotopic (exact) mass is 401 g/mol. The molecule has 0 unspecified atom stereocenters. The molecule has 5 nitrogen and oxygen atoms in total. The topological polar surface area (TPSA) is 60.9 Å². The molecular weight excluding hydrogens is 392 g/mol. The highest BCUT2D eigenvalue weighted by Gasteiger charge is 2.17. The Hall–Kier alpha value is -2.96. The number of hydrogen-bond donors (Lipinski definition) is 0. The van der Waals surface area contributed by atoms with E-state index in [-0.39, 0.29) is 27.4 Å². The average molecular weight is 402 g/mol. The predicted molar refractivity (Wildman–Crippen MR) is 101 cm³/mol. The Morgan fingerprint density at radius 2 is 1.59 bits per heavy atom. The molecule has 4 aromatic rings. The van der Waals surface area contributed by atoms with Gasteiger partial charge in [0.05, 0.1) is 10.0 Å². The van der Waals surface area contributed by atoms with Gasteiger partial charge in [0.15, 0.2) is 0 Å². The van der Waals surface area contributed by atoms with E-state index in [2.05, 4.69) is 10.1 Å². The Morgan fingerprint density at radius 3 is 2.30 bits per heavy atom. The molecule has 0 bridgehead atoms. The third-order valence-corrected chi connectivity index (χ3v) is 4.43. The average Bonchev–Trinajstić information content (AvgIpc) is 3.04. The van der Waals surface area contributed by atoms with Crippen LogP contribution in [-0.2, 0) is 0 Å². The van der Waals surface area contributed by atoms with E-state index in [1.165, 1.54) is 24.5 Å². The zero-order valence-corrected chi connectivity index (χ0v) is 15.1. The maximum atomic E-state index is 13.1. The summed E-state index contributed by atoms with van der Waals surface area (Å²) in [7, 11) is 0. The molecular formula is C19H10Cl2FN3O2. The van der Waals surface area contributed by atoms with Crippen LogP contribution in [0.2, 0.25) is 10.0 Å². The van der Waals surface area contributed by atoms with Gasteiger partial charge in [0.2, 0.25) is 5.89 Å². The van der Waals surface area contributed by atoms with Gasteiger partial charge in [-0.1, -0.05) is 47.5 Å². The molecule has 0 atom stereocenters. The van der Waals surface area contributed by atoms with Crippen LogP contribution < -0.4 is 5.76 Å². The smallest absolute Gasteiger partial charge is 0.387 e. The fourth-order valence-corrected chi connectivity index (χ4v) is 3.14. The van der Waals surface area contributed by atoms with Crippen molar-refractivity contribution in [1.82, 2.24) is 14.8 Å². The number of nitrogens with zero attached hydrogens (tertiary/aromatic N) is 3. The number of halogens is 3. The van der Waals surface area contributed by atoms with Crippen LogP contribution in [0.25, 0.3) is 28.3 Å². The van der Waals surface area contributed by atoms with Gasteiger partial charge < -0.3 is 4.42 Å². The second kappa shape index (κ2) is 6.98. The Morgan fingerprint density at radius 1 is 0.926 bits per heavy atom. The van der Waals surface area contributed by atoms with Gasteiger partial charge in [-0.25, -0.2) is 9.18 Å². The summed E-state index contributed by atoms with van der Waals surface area (Å²) in [4.78, 5) is 16.1. The van der Waals surface area contributed by atoms with Crippen LogP contribution in [0, 0.1) is 5.82 Å². The predicted octanol–water partition coefficient (Wildman–Crippen LogP) is 5.00. The van der Waals surface area contributed by atoms with Gasteiger partial charge in [-0.2, -0.15) is 4.68 Å². The standard InChI is InChI=1S/C19H10Cl2FN3O2/c20-15-9-23-10-16(21)17(15)25-19(26)27-18(24-25)13-3-1-2-12(8-13)11-4-6-14(22)7-5-11/h1-10H. The molecule has 0 N–H and O–H groups in total. The molecule has 8 heteroatoms. The molecule has 0 spiro atoms. The molecule has 0 fully saturated rings. The Kier molecular flexibility index (Phi) is 4.51. The molecule has 0 amide bonds. The molecule has 4 rings (SSSR count). The highest BCUT2D eigenvalue weighted by atomic mass is 35.5. The first kappa shape index (κ1) is 17.5. The van der Waals surface area contributed by atoms with Crippen molar-refractivity contribution >= 4 is 23.2 Å². The van der Waals surface area contributed by atoms with Crippen molar-refractivity contribution in [3.05, 3.63) is 87.3 Å². The first-order chi connectivity index (χ1) is 13.0. The lowest BCUT2D eigenvalue weighted by molar-refractivity contribution is 0.516. The fraction of sp³-hybridized carbons (Fsp3) is 0. The lowest BCUT2D eigenvalue weighted by Gasteiger charge is -2.04. The molecule has 0 saturated heterocycles. The normalized spacial score (nSPS) is 10.9. The minimum Gasteiger partial charge on any atom is -0.387 e. The second-order valence-electron chi connectivity index (χ2n) is 5.62. The van der Waals surface area contributed by atoms with E-state index in [4.69, 9.17) is 27.6 Å². The Balaban J connectivity index is 1.79. The van der Waals surface area contributed by atoms with E-state index in [9.17, 15) is 9.18 Å². The molecule has 0 aliphatic heterocycles. The first-order valence-corrected chi connectivity index (χ1v) is 8.54. The lowest BCUT2D eigenvalue weighted by Crippen LogP contribution is -2.14. The van der Waals surface area contributed by atoms with Crippen molar-refractivity contribution in [3.63, 3.8) is 0 Å². The zero-order chi connectivity index (χ0) is 19.0. The summed E-state index contributed by atoms with van der Waals surface area (Å²) in [6, 6.07) is 13.3. The van der Waals surface area contributed by atoms with Crippen molar-refractivity contribution in [3.8, 4) is 28.3 Å². The van der Waals surface area contributed by atoms with Crippen LogP contribution in [0.3, 0.4) is 0 Å². The molecule has 2 aromatic carbocycles. The van der Waals surface area contributed by atoms with Gasteiger partial charge in [0, 0.05) is 18.0 Å². The summed E-state index contributed by atoms with van der Waals surface area (Å²) < 4.78 is 19.4. The van der Waals surface area contributed by atoms with Crippen LogP contribution in [0.1, 0.15) is 0 Å². The van der Waals surface area contributed by atoms with Crippen molar-refractivity contribution in [1.29, 1.82) is 0 Å².